The molecule has 8 heteroatoms. The molecule has 0 unspecified atom stereocenters. The van der Waals surface area contributed by atoms with Crippen molar-refractivity contribution in [1.82, 2.24) is 15.3 Å². The summed E-state index contributed by atoms with van der Waals surface area (Å²) in [6.07, 6.45) is 0.448. The zero-order chi connectivity index (χ0) is 15.4. The summed E-state index contributed by atoms with van der Waals surface area (Å²) in [5.41, 5.74) is -0.0835. The largest absolute Gasteiger partial charge is 0.351 e. The minimum atomic E-state index is -0.541. The first-order chi connectivity index (χ1) is 9.95. The van der Waals surface area contributed by atoms with Gasteiger partial charge in [0.25, 0.3) is 5.56 Å². The molecule has 0 aromatic carbocycles. The molecule has 0 spiro atoms. The zero-order valence-corrected chi connectivity index (χ0v) is 12.9. The van der Waals surface area contributed by atoms with E-state index in [-0.39, 0.29) is 18.7 Å². The van der Waals surface area contributed by atoms with Gasteiger partial charge < -0.3 is 10.3 Å². The number of halogens is 1. The Labute approximate surface area is 129 Å². The van der Waals surface area contributed by atoms with E-state index in [1.807, 2.05) is 6.07 Å². The molecular formula is C13H14ClN3O3S. The Hall–Kier alpha value is -1.86. The SMILES string of the molecule is Cc1[nH]c(=O)[nH]c(=O)c1CCC(=O)NCc1ccc(Cl)s1. The molecule has 0 bridgehead atoms. The van der Waals surface area contributed by atoms with E-state index in [1.165, 1.54) is 11.3 Å². The van der Waals surface area contributed by atoms with Crippen molar-refractivity contribution in [2.45, 2.75) is 26.3 Å². The number of carbonyl (C=O) groups excluding carboxylic acids is 1. The predicted octanol–water partition coefficient (Wildman–Crippen LogP) is 1.34. The molecule has 0 atom stereocenters. The van der Waals surface area contributed by atoms with Gasteiger partial charge in [-0.25, -0.2) is 4.79 Å². The third-order valence-corrected chi connectivity index (χ3v) is 4.18. The van der Waals surface area contributed by atoms with Crippen LogP contribution in [0.15, 0.2) is 21.7 Å². The number of aromatic nitrogens is 2. The van der Waals surface area contributed by atoms with Gasteiger partial charge in [0.1, 0.15) is 0 Å². The number of H-pyrrole nitrogens is 2. The number of thiophene rings is 1. The first kappa shape index (κ1) is 15.5. The van der Waals surface area contributed by atoms with Crippen LogP contribution in [-0.4, -0.2) is 15.9 Å². The van der Waals surface area contributed by atoms with Crippen molar-refractivity contribution in [2.75, 3.05) is 0 Å². The van der Waals surface area contributed by atoms with Crippen LogP contribution in [0.25, 0.3) is 0 Å². The molecule has 3 N–H and O–H groups in total. The highest BCUT2D eigenvalue weighted by Gasteiger charge is 2.09. The number of aromatic amines is 2. The number of carbonyl (C=O) groups is 1. The maximum atomic E-state index is 11.8. The molecule has 0 saturated carbocycles. The molecule has 2 rings (SSSR count). The molecule has 2 aromatic rings. The number of rotatable bonds is 5. The topological polar surface area (TPSA) is 94.8 Å². The summed E-state index contributed by atoms with van der Waals surface area (Å²) in [4.78, 5) is 40.1. The lowest BCUT2D eigenvalue weighted by Gasteiger charge is -2.05. The second-order valence-corrected chi connectivity index (χ2v) is 6.29. The Morgan fingerprint density at radius 2 is 2.10 bits per heavy atom. The highest BCUT2D eigenvalue weighted by Crippen LogP contribution is 2.20. The first-order valence-electron chi connectivity index (χ1n) is 6.28. The van der Waals surface area contributed by atoms with E-state index in [0.717, 1.165) is 4.88 Å². The van der Waals surface area contributed by atoms with Gasteiger partial charge in [-0.3, -0.25) is 14.6 Å². The van der Waals surface area contributed by atoms with Gasteiger partial charge in [0.15, 0.2) is 0 Å². The van der Waals surface area contributed by atoms with Crippen LogP contribution in [-0.2, 0) is 17.8 Å². The highest BCUT2D eigenvalue weighted by atomic mass is 35.5. The fraction of sp³-hybridized carbons (Fsp3) is 0.308. The van der Waals surface area contributed by atoms with Crippen molar-refractivity contribution < 1.29 is 4.79 Å². The molecule has 0 aliphatic carbocycles. The molecule has 6 nitrogen and oxygen atoms in total. The van der Waals surface area contributed by atoms with Crippen molar-refractivity contribution in [2.24, 2.45) is 0 Å². The maximum absolute atomic E-state index is 11.8. The van der Waals surface area contributed by atoms with Crippen molar-refractivity contribution in [1.29, 1.82) is 0 Å². The first-order valence-corrected chi connectivity index (χ1v) is 7.48. The fourth-order valence-corrected chi connectivity index (χ4v) is 2.91. The molecular weight excluding hydrogens is 314 g/mol. The lowest BCUT2D eigenvalue weighted by atomic mass is 10.1. The second kappa shape index (κ2) is 6.73. The standard InChI is InChI=1S/C13H14ClN3O3S/c1-7-9(12(19)17-13(20)16-7)3-5-11(18)15-6-8-2-4-10(14)21-8/h2,4H,3,5-6H2,1H3,(H,15,18)(H2,16,17,19,20). The van der Waals surface area contributed by atoms with Crippen LogP contribution in [0.2, 0.25) is 4.34 Å². The molecule has 2 aromatic heterocycles. The quantitative estimate of drug-likeness (QED) is 0.773. The summed E-state index contributed by atoms with van der Waals surface area (Å²) < 4.78 is 0.676. The van der Waals surface area contributed by atoms with Gasteiger partial charge in [0, 0.05) is 22.6 Å². The summed E-state index contributed by atoms with van der Waals surface area (Å²) in [6.45, 7) is 2.05. The fourth-order valence-electron chi connectivity index (χ4n) is 1.89. The summed E-state index contributed by atoms with van der Waals surface area (Å²) in [7, 11) is 0. The van der Waals surface area contributed by atoms with Crippen LogP contribution < -0.4 is 16.6 Å². The Morgan fingerprint density at radius 1 is 1.33 bits per heavy atom. The number of nitrogens with one attached hydrogen (secondary N) is 3. The molecule has 0 aliphatic heterocycles. The van der Waals surface area contributed by atoms with Crippen LogP contribution >= 0.6 is 22.9 Å². The average Bonchev–Trinajstić information content (AvgIpc) is 2.81. The molecule has 0 fully saturated rings. The van der Waals surface area contributed by atoms with Crippen LogP contribution in [0.3, 0.4) is 0 Å². The number of hydrogen-bond acceptors (Lipinski definition) is 4. The third kappa shape index (κ3) is 4.30. The van der Waals surface area contributed by atoms with E-state index in [2.05, 4.69) is 15.3 Å². The molecule has 0 aliphatic rings. The zero-order valence-electron chi connectivity index (χ0n) is 11.3. The summed E-state index contributed by atoms with van der Waals surface area (Å²) in [6, 6.07) is 3.63. The molecule has 0 saturated heterocycles. The molecule has 1 amide bonds. The minimum Gasteiger partial charge on any atom is -0.351 e. The monoisotopic (exact) mass is 327 g/mol. The third-order valence-electron chi connectivity index (χ3n) is 2.95. The van der Waals surface area contributed by atoms with Gasteiger partial charge in [-0.2, -0.15) is 0 Å². The van der Waals surface area contributed by atoms with E-state index in [4.69, 9.17) is 11.6 Å². The number of aryl methyl sites for hydroxylation is 1. The van der Waals surface area contributed by atoms with E-state index >= 15 is 0 Å². The van der Waals surface area contributed by atoms with E-state index in [1.54, 1.807) is 13.0 Å². The lowest BCUT2D eigenvalue weighted by molar-refractivity contribution is -0.121. The average molecular weight is 328 g/mol. The molecule has 2 heterocycles. The van der Waals surface area contributed by atoms with Gasteiger partial charge in [-0.05, 0) is 25.5 Å². The summed E-state index contributed by atoms with van der Waals surface area (Å²) in [5.74, 6) is -0.162. The van der Waals surface area contributed by atoms with Crippen LogP contribution in [0.5, 0.6) is 0 Å². The smallest absolute Gasteiger partial charge is 0.325 e. The predicted molar refractivity (Wildman–Crippen MR) is 81.9 cm³/mol. The number of amides is 1. The number of hydrogen-bond donors (Lipinski definition) is 3. The van der Waals surface area contributed by atoms with Crippen LogP contribution in [0, 0.1) is 6.92 Å². The highest BCUT2D eigenvalue weighted by molar-refractivity contribution is 7.16. The second-order valence-electron chi connectivity index (χ2n) is 4.49. The Bertz CT molecular complexity index is 763. The van der Waals surface area contributed by atoms with Crippen LogP contribution in [0.4, 0.5) is 0 Å². The van der Waals surface area contributed by atoms with E-state index in [0.29, 0.717) is 22.1 Å². The molecule has 21 heavy (non-hydrogen) atoms. The van der Waals surface area contributed by atoms with Gasteiger partial charge in [-0.1, -0.05) is 11.6 Å². The van der Waals surface area contributed by atoms with Crippen molar-refractivity contribution >= 4 is 28.8 Å². The van der Waals surface area contributed by atoms with Crippen molar-refractivity contribution in [3.05, 3.63) is 53.4 Å². The molecule has 112 valence electrons. The van der Waals surface area contributed by atoms with Gasteiger partial charge >= 0.3 is 5.69 Å². The van der Waals surface area contributed by atoms with Gasteiger partial charge in [0.05, 0.1) is 10.9 Å². The lowest BCUT2D eigenvalue weighted by Crippen LogP contribution is -2.29. The summed E-state index contributed by atoms with van der Waals surface area (Å²) >= 11 is 7.21. The minimum absolute atomic E-state index is 0.162. The summed E-state index contributed by atoms with van der Waals surface area (Å²) in [5, 5.41) is 2.76. The Balaban J connectivity index is 1.90. The van der Waals surface area contributed by atoms with Gasteiger partial charge in [0.2, 0.25) is 5.91 Å². The van der Waals surface area contributed by atoms with Crippen LogP contribution in [0.1, 0.15) is 22.6 Å². The Kier molecular flexibility index (Phi) is 4.98. The normalized spacial score (nSPS) is 10.6. The van der Waals surface area contributed by atoms with Crippen molar-refractivity contribution in [3.63, 3.8) is 0 Å². The van der Waals surface area contributed by atoms with E-state index in [9.17, 15) is 14.4 Å². The maximum Gasteiger partial charge on any atom is 0.325 e. The van der Waals surface area contributed by atoms with E-state index < -0.39 is 11.2 Å². The Morgan fingerprint density at radius 3 is 2.71 bits per heavy atom. The molecule has 0 radical (unpaired) electrons. The van der Waals surface area contributed by atoms with Gasteiger partial charge in [-0.15, -0.1) is 11.3 Å². The van der Waals surface area contributed by atoms with Crippen molar-refractivity contribution in [3.8, 4) is 0 Å².